The van der Waals surface area contributed by atoms with E-state index in [-0.39, 0.29) is 16.3 Å². The highest BCUT2D eigenvalue weighted by Crippen LogP contribution is 2.26. The Balaban J connectivity index is 1.94. The second kappa shape index (κ2) is 8.21. The highest BCUT2D eigenvalue weighted by Gasteiger charge is 2.22. The van der Waals surface area contributed by atoms with Crippen LogP contribution >= 0.6 is 11.6 Å². The molecule has 0 aliphatic rings. The van der Waals surface area contributed by atoms with Crippen LogP contribution in [0.15, 0.2) is 70.5 Å². The third-order valence-electron chi connectivity index (χ3n) is 4.04. The monoisotopic (exact) mass is 472 g/mol. The lowest BCUT2D eigenvalue weighted by Crippen LogP contribution is -2.17. The Morgan fingerprint density at radius 2 is 1.47 bits per heavy atom. The quantitative estimate of drug-likeness (QED) is 0.551. The van der Waals surface area contributed by atoms with Crippen molar-refractivity contribution in [3.05, 3.63) is 82.9 Å². The lowest BCUT2D eigenvalue weighted by molar-refractivity contribution is 0.551. The summed E-state index contributed by atoms with van der Waals surface area (Å²) in [6.07, 6.45) is 0. The summed E-state index contributed by atoms with van der Waals surface area (Å²) < 4.78 is 81.8. The third kappa shape index (κ3) is 4.89. The van der Waals surface area contributed by atoms with Crippen molar-refractivity contribution in [3.63, 3.8) is 0 Å². The maximum atomic E-state index is 13.9. The minimum atomic E-state index is -4.43. The van der Waals surface area contributed by atoms with Gasteiger partial charge >= 0.3 is 0 Å². The van der Waals surface area contributed by atoms with Crippen LogP contribution in [0.4, 0.5) is 20.2 Å². The van der Waals surface area contributed by atoms with Crippen molar-refractivity contribution in [3.8, 4) is 0 Å². The number of sulfonamides is 2. The second-order valence-electron chi connectivity index (χ2n) is 6.27. The molecule has 0 aliphatic heterocycles. The summed E-state index contributed by atoms with van der Waals surface area (Å²) in [7, 11) is -8.48. The summed E-state index contributed by atoms with van der Waals surface area (Å²) in [5, 5.41) is 0.429. The molecule has 0 fully saturated rings. The van der Waals surface area contributed by atoms with Crippen molar-refractivity contribution in [1.82, 2.24) is 0 Å². The van der Waals surface area contributed by atoms with Gasteiger partial charge in [-0.1, -0.05) is 17.7 Å². The van der Waals surface area contributed by atoms with Crippen molar-refractivity contribution in [2.24, 2.45) is 0 Å². The van der Waals surface area contributed by atoms with Crippen LogP contribution in [0.25, 0.3) is 0 Å². The Bertz CT molecular complexity index is 1310. The first-order valence-corrected chi connectivity index (χ1v) is 11.7. The van der Waals surface area contributed by atoms with Crippen LogP contribution in [0.1, 0.15) is 5.56 Å². The Morgan fingerprint density at radius 3 is 2.10 bits per heavy atom. The number of aryl methyl sites for hydroxylation is 1. The van der Waals surface area contributed by atoms with Gasteiger partial charge in [0.15, 0.2) is 0 Å². The first-order valence-electron chi connectivity index (χ1n) is 8.35. The predicted octanol–water partition coefficient (Wildman–Crippen LogP) is 4.53. The Morgan fingerprint density at radius 1 is 0.800 bits per heavy atom. The van der Waals surface area contributed by atoms with E-state index in [4.69, 9.17) is 11.6 Å². The number of nitrogens with one attached hydrogen (secondary N) is 2. The van der Waals surface area contributed by atoms with Gasteiger partial charge in [0.25, 0.3) is 20.0 Å². The van der Waals surface area contributed by atoms with Gasteiger partial charge in [-0.05, 0) is 61.0 Å². The number of hydrogen-bond acceptors (Lipinski definition) is 4. The van der Waals surface area contributed by atoms with E-state index < -0.39 is 36.6 Å². The van der Waals surface area contributed by atoms with E-state index in [9.17, 15) is 25.6 Å². The minimum absolute atomic E-state index is 0.0716. The number of benzene rings is 3. The zero-order valence-electron chi connectivity index (χ0n) is 15.4. The normalized spacial score (nSPS) is 11.9. The standard InChI is InChI=1S/C19H15ClF2N2O4S2/c1-12-2-8-16(29(25,26)23-15-6-3-13(20)4-7-15)11-18(12)24-30(27,28)19-9-5-14(21)10-17(19)22/h2-11,23-24H,1H3. The van der Waals surface area contributed by atoms with Crippen LogP contribution in [-0.2, 0) is 20.0 Å². The molecule has 0 atom stereocenters. The zero-order valence-corrected chi connectivity index (χ0v) is 17.7. The minimum Gasteiger partial charge on any atom is -0.280 e. The van der Waals surface area contributed by atoms with E-state index in [1.165, 1.54) is 36.4 Å². The van der Waals surface area contributed by atoms with E-state index in [1.807, 2.05) is 0 Å². The summed E-state index contributed by atoms with van der Waals surface area (Å²) in [5.41, 5.74) is 0.583. The molecular formula is C19H15ClF2N2O4S2. The molecule has 0 aromatic heterocycles. The van der Waals surface area contributed by atoms with Crippen LogP contribution in [-0.4, -0.2) is 16.8 Å². The fourth-order valence-electron chi connectivity index (χ4n) is 2.50. The lowest BCUT2D eigenvalue weighted by Gasteiger charge is -2.14. The molecule has 0 spiro atoms. The Kier molecular flexibility index (Phi) is 6.02. The predicted molar refractivity (Wildman–Crippen MR) is 111 cm³/mol. The number of halogens is 3. The average molecular weight is 473 g/mol. The summed E-state index contributed by atoms with van der Waals surface area (Å²) in [4.78, 5) is -0.990. The number of hydrogen-bond donors (Lipinski definition) is 2. The van der Waals surface area contributed by atoms with Gasteiger partial charge in [0.1, 0.15) is 16.5 Å². The highest BCUT2D eigenvalue weighted by molar-refractivity contribution is 7.93. The zero-order chi connectivity index (χ0) is 22.1. The maximum Gasteiger partial charge on any atom is 0.264 e. The maximum absolute atomic E-state index is 13.9. The van der Waals surface area contributed by atoms with Gasteiger partial charge in [-0.25, -0.2) is 25.6 Å². The van der Waals surface area contributed by atoms with Gasteiger partial charge in [-0.15, -0.1) is 0 Å². The second-order valence-corrected chi connectivity index (χ2v) is 10.0. The molecule has 30 heavy (non-hydrogen) atoms. The average Bonchev–Trinajstić information content (AvgIpc) is 2.64. The topological polar surface area (TPSA) is 92.3 Å². The molecule has 0 radical (unpaired) electrons. The molecule has 3 aromatic rings. The van der Waals surface area contributed by atoms with Crippen LogP contribution in [0.2, 0.25) is 5.02 Å². The molecule has 0 amide bonds. The lowest BCUT2D eigenvalue weighted by atomic mass is 10.2. The molecule has 2 N–H and O–H groups in total. The largest absolute Gasteiger partial charge is 0.280 e. The highest BCUT2D eigenvalue weighted by atomic mass is 35.5. The van der Waals surface area contributed by atoms with Crippen molar-refractivity contribution in [1.29, 1.82) is 0 Å². The molecule has 0 bridgehead atoms. The first kappa shape index (κ1) is 22.0. The molecular weight excluding hydrogens is 458 g/mol. The van der Waals surface area contributed by atoms with Crippen molar-refractivity contribution in [2.45, 2.75) is 16.7 Å². The Hall–Kier alpha value is -2.69. The molecule has 0 saturated carbocycles. The van der Waals surface area contributed by atoms with Gasteiger partial charge in [0, 0.05) is 16.8 Å². The summed E-state index contributed by atoms with van der Waals surface area (Å²) in [5.74, 6) is -2.20. The van der Waals surface area contributed by atoms with Gasteiger partial charge in [0.2, 0.25) is 0 Å². The van der Waals surface area contributed by atoms with E-state index in [2.05, 4.69) is 9.44 Å². The third-order valence-corrected chi connectivity index (χ3v) is 7.07. The molecule has 0 aliphatic carbocycles. The fraction of sp³-hybridized carbons (Fsp3) is 0.0526. The van der Waals surface area contributed by atoms with E-state index in [0.29, 0.717) is 16.7 Å². The van der Waals surface area contributed by atoms with Crippen LogP contribution in [0, 0.1) is 18.6 Å². The van der Waals surface area contributed by atoms with Crippen LogP contribution in [0.3, 0.4) is 0 Å². The summed E-state index contributed by atoms with van der Waals surface area (Å²) in [6.45, 7) is 1.54. The molecule has 3 rings (SSSR count). The molecule has 158 valence electrons. The summed E-state index contributed by atoms with van der Waals surface area (Å²) >= 11 is 5.78. The molecule has 0 unspecified atom stereocenters. The van der Waals surface area contributed by atoms with Crippen molar-refractivity contribution >= 4 is 43.0 Å². The molecule has 0 heterocycles. The Labute approximate surface area is 177 Å². The molecule has 3 aromatic carbocycles. The van der Waals surface area contributed by atoms with Crippen molar-refractivity contribution < 1.29 is 25.6 Å². The van der Waals surface area contributed by atoms with Gasteiger partial charge in [0.05, 0.1) is 10.6 Å². The molecule has 11 heteroatoms. The number of rotatable bonds is 6. The number of anilines is 2. The first-order chi connectivity index (χ1) is 14.0. The summed E-state index contributed by atoms with van der Waals surface area (Å²) in [6, 6.07) is 11.8. The van der Waals surface area contributed by atoms with Crippen LogP contribution in [0.5, 0.6) is 0 Å². The van der Waals surface area contributed by atoms with Crippen molar-refractivity contribution in [2.75, 3.05) is 9.44 Å². The van der Waals surface area contributed by atoms with Gasteiger partial charge < -0.3 is 0 Å². The molecule has 0 saturated heterocycles. The smallest absolute Gasteiger partial charge is 0.264 e. The van der Waals surface area contributed by atoms with E-state index >= 15 is 0 Å². The van der Waals surface area contributed by atoms with E-state index in [1.54, 1.807) is 6.92 Å². The van der Waals surface area contributed by atoms with E-state index in [0.717, 1.165) is 18.2 Å². The van der Waals surface area contributed by atoms with Gasteiger partial charge in [-0.2, -0.15) is 0 Å². The van der Waals surface area contributed by atoms with Gasteiger partial charge in [-0.3, -0.25) is 9.44 Å². The molecule has 6 nitrogen and oxygen atoms in total. The van der Waals surface area contributed by atoms with Crippen LogP contribution < -0.4 is 9.44 Å². The fourth-order valence-corrected chi connectivity index (χ4v) is 4.90. The SMILES string of the molecule is Cc1ccc(S(=O)(=O)Nc2ccc(Cl)cc2)cc1NS(=O)(=O)c1ccc(F)cc1F.